The van der Waals surface area contributed by atoms with E-state index in [2.05, 4.69) is 51.9 Å². The van der Waals surface area contributed by atoms with Crippen LogP contribution in [0.2, 0.25) is 0 Å². The molecule has 0 heterocycles. The highest BCUT2D eigenvalue weighted by Crippen LogP contribution is 2.39. The Balaban J connectivity index is 2.58. The normalized spacial score (nSPS) is 28.3. The van der Waals surface area contributed by atoms with E-state index in [-0.39, 0.29) is 0 Å². The Hall–Kier alpha value is -0.0800. The van der Waals surface area contributed by atoms with Gasteiger partial charge in [-0.2, -0.15) is 0 Å². The molecule has 2 nitrogen and oxygen atoms in total. The first-order valence-electron chi connectivity index (χ1n) is 9.26. The first-order chi connectivity index (χ1) is 9.87. The Labute approximate surface area is 134 Å². The Bertz CT molecular complexity index is 277. The smallest absolute Gasteiger partial charge is 0.00473 e. The second-order valence-corrected chi connectivity index (χ2v) is 8.44. The predicted octanol–water partition coefficient (Wildman–Crippen LogP) is 4.41. The van der Waals surface area contributed by atoms with Crippen LogP contribution in [0.15, 0.2) is 0 Å². The Morgan fingerprint density at radius 3 is 2.57 bits per heavy atom. The van der Waals surface area contributed by atoms with Crippen LogP contribution < -0.4 is 5.32 Å². The molecule has 0 bridgehead atoms. The maximum atomic E-state index is 3.76. The standard InChI is InChI=1S/C19H40N2/c1-7-17(4)13-21(6)15-19(14-20-12-16(2)3)10-8-9-18(5)11-19/h16-18,20H,7-15H2,1-6H3. The van der Waals surface area contributed by atoms with Crippen LogP contribution in [0.5, 0.6) is 0 Å². The summed E-state index contributed by atoms with van der Waals surface area (Å²) in [5.74, 6) is 2.47. The summed E-state index contributed by atoms with van der Waals surface area (Å²) < 4.78 is 0. The van der Waals surface area contributed by atoms with Crippen LogP contribution in [0.1, 0.15) is 66.7 Å². The van der Waals surface area contributed by atoms with Crippen LogP contribution in [-0.4, -0.2) is 38.1 Å². The van der Waals surface area contributed by atoms with Gasteiger partial charge in [0.2, 0.25) is 0 Å². The third-order valence-electron chi connectivity index (χ3n) is 5.16. The zero-order valence-electron chi connectivity index (χ0n) is 15.5. The van der Waals surface area contributed by atoms with Crippen molar-refractivity contribution in [3.8, 4) is 0 Å². The van der Waals surface area contributed by atoms with Crippen LogP contribution in [0.3, 0.4) is 0 Å². The Morgan fingerprint density at radius 1 is 1.29 bits per heavy atom. The maximum absolute atomic E-state index is 3.76. The fourth-order valence-corrected chi connectivity index (χ4v) is 4.05. The van der Waals surface area contributed by atoms with Gasteiger partial charge in [0.15, 0.2) is 0 Å². The predicted molar refractivity (Wildman–Crippen MR) is 94.7 cm³/mol. The lowest BCUT2D eigenvalue weighted by Crippen LogP contribution is -2.47. The number of hydrogen-bond donors (Lipinski definition) is 1. The van der Waals surface area contributed by atoms with E-state index in [9.17, 15) is 0 Å². The third kappa shape index (κ3) is 7.15. The Kier molecular flexibility index (Phi) is 8.26. The molecule has 126 valence electrons. The number of rotatable bonds is 9. The SMILES string of the molecule is CCC(C)CN(C)CC1(CNCC(C)C)CCCC(C)C1. The van der Waals surface area contributed by atoms with Gasteiger partial charge in [-0.05, 0) is 49.6 Å². The van der Waals surface area contributed by atoms with E-state index in [0.29, 0.717) is 5.41 Å². The zero-order valence-corrected chi connectivity index (χ0v) is 15.5. The van der Waals surface area contributed by atoms with Crippen molar-refractivity contribution in [2.24, 2.45) is 23.2 Å². The van der Waals surface area contributed by atoms with Gasteiger partial charge in [0.25, 0.3) is 0 Å². The molecule has 1 fully saturated rings. The molecule has 3 atom stereocenters. The van der Waals surface area contributed by atoms with E-state index in [1.165, 1.54) is 51.7 Å². The van der Waals surface area contributed by atoms with E-state index in [1.807, 2.05) is 0 Å². The zero-order chi connectivity index (χ0) is 15.9. The van der Waals surface area contributed by atoms with Crippen molar-refractivity contribution in [1.29, 1.82) is 0 Å². The van der Waals surface area contributed by atoms with E-state index in [0.717, 1.165) is 24.3 Å². The second kappa shape index (κ2) is 9.15. The highest BCUT2D eigenvalue weighted by atomic mass is 15.1. The maximum Gasteiger partial charge on any atom is 0.00473 e. The van der Waals surface area contributed by atoms with E-state index in [4.69, 9.17) is 0 Å². The van der Waals surface area contributed by atoms with Crippen molar-refractivity contribution in [3.05, 3.63) is 0 Å². The summed E-state index contributed by atoms with van der Waals surface area (Å²) in [5, 5.41) is 3.76. The molecule has 21 heavy (non-hydrogen) atoms. The second-order valence-electron chi connectivity index (χ2n) is 8.44. The molecule has 0 aromatic rings. The molecular formula is C19H40N2. The van der Waals surface area contributed by atoms with Gasteiger partial charge < -0.3 is 10.2 Å². The lowest BCUT2D eigenvalue weighted by Gasteiger charge is -2.43. The monoisotopic (exact) mass is 296 g/mol. The van der Waals surface area contributed by atoms with E-state index < -0.39 is 0 Å². The Morgan fingerprint density at radius 2 is 2.00 bits per heavy atom. The summed E-state index contributed by atoms with van der Waals surface area (Å²) in [4.78, 5) is 2.60. The molecule has 0 aromatic carbocycles. The lowest BCUT2D eigenvalue weighted by molar-refractivity contribution is 0.0850. The minimum Gasteiger partial charge on any atom is -0.316 e. The summed E-state index contributed by atoms with van der Waals surface area (Å²) in [6.07, 6.45) is 6.96. The van der Waals surface area contributed by atoms with Crippen LogP contribution in [0.25, 0.3) is 0 Å². The number of hydrogen-bond acceptors (Lipinski definition) is 2. The largest absolute Gasteiger partial charge is 0.316 e. The van der Waals surface area contributed by atoms with Crippen LogP contribution >= 0.6 is 0 Å². The molecule has 0 saturated heterocycles. The molecule has 0 spiro atoms. The van der Waals surface area contributed by atoms with Crippen LogP contribution in [-0.2, 0) is 0 Å². The van der Waals surface area contributed by atoms with Gasteiger partial charge in [-0.25, -0.2) is 0 Å². The van der Waals surface area contributed by atoms with Gasteiger partial charge in [-0.1, -0.05) is 53.9 Å². The number of nitrogens with one attached hydrogen (secondary N) is 1. The molecule has 0 aliphatic heterocycles. The molecule has 3 unspecified atom stereocenters. The molecule has 2 heteroatoms. The van der Waals surface area contributed by atoms with Gasteiger partial charge in [0, 0.05) is 19.6 Å². The summed E-state index contributed by atoms with van der Waals surface area (Å²) >= 11 is 0. The van der Waals surface area contributed by atoms with Gasteiger partial charge in [-0.3, -0.25) is 0 Å². The average molecular weight is 297 g/mol. The van der Waals surface area contributed by atoms with Crippen molar-refractivity contribution >= 4 is 0 Å². The molecular weight excluding hydrogens is 256 g/mol. The molecule has 1 aliphatic carbocycles. The minimum absolute atomic E-state index is 0.509. The first-order valence-corrected chi connectivity index (χ1v) is 9.26. The summed E-state index contributed by atoms with van der Waals surface area (Å²) in [5.41, 5.74) is 0.509. The molecule has 1 aliphatic rings. The van der Waals surface area contributed by atoms with Crippen molar-refractivity contribution in [1.82, 2.24) is 10.2 Å². The molecule has 0 aromatic heterocycles. The minimum atomic E-state index is 0.509. The molecule has 0 amide bonds. The summed E-state index contributed by atoms with van der Waals surface area (Å²) in [6.45, 7) is 16.6. The fraction of sp³-hybridized carbons (Fsp3) is 1.00. The summed E-state index contributed by atoms with van der Waals surface area (Å²) in [7, 11) is 2.33. The van der Waals surface area contributed by atoms with Crippen molar-refractivity contribution in [2.75, 3.05) is 33.2 Å². The molecule has 1 rings (SSSR count). The van der Waals surface area contributed by atoms with Crippen molar-refractivity contribution < 1.29 is 0 Å². The average Bonchev–Trinajstić information content (AvgIpc) is 2.37. The van der Waals surface area contributed by atoms with E-state index >= 15 is 0 Å². The number of nitrogens with zero attached hydrogens (tertiary/aromatic N) is 1. The van der Waals surface area contributed by atoms with Gasteiger partial charge in [-0.15, -0.1) is 0 Å². The quantitative estimate of drug-likeness (QED) is 0.678. The molecule has 1 N–H and O–H groups in total. The van der Waals surface area contributed by atoms with Gasteiger partial charge in [0.05, 0.1) is 0 Å². The topological polar surface area (TPSA) is 15.3 Å². The summed E-state index contributed by atoms with van der Waals surface area (Å²) in [6, 6.07) is 0. The van der Waals surface area contributed by atoms with Crippen molar-refractivity contribution in [2.45, 2.75) is 66.7 Å². The van der Waals surface area contributed by atoms with Gasteiger partial charge >= 0.3 is 0 Å². The first kappa shape index (κ1) is 19.0. The van der Waals surface area contributed by atoms with Gasteiger partial charge in [0.1, 0.15) is 0 Å². The third-order valence-corrected chi connectivity index (χ3v) is 5.16. The van der Waals surface area contributed by atoms with Crippen LogP contribution in [0, 0.1) is 23.2 Å². The van der Waals surface area contributed by atoms with Crippen molar-refractivity contribution in [3.63, 3.8) is 0 Å². The van der Waals surface area contributed by atoms with E-state index in [1.54, 1.807) is 0 Å². The molecule has 0 radical (unpaired) electrons. The highest BCUT2D eigenvalue weighted by molar-refractivity contribution is 4.89. The van der Waals surface area contributed by atoms with Crippen LogP contribution in [0.4, 0.5) is 0 Å². The molecule has 1 saturated carbocycles. The fourth-order valence-electron chi connectivity index (χ4n) is 4.05. The lowest BCUT2D eigenvalue weighted by atomic mass is 9.69. The highest BCUT2D eigenvalue weighted by Gasteiger charge is 2.35.